The largest absolute Gasteiger partial charge is 0.381 e. The van der Waals surface area contributed by atoms with E-state index in [2.05, 4.69) is 15.6 Å². The predicted molar refractivity (Wildman–Crippen MR) is 79.2 cm³/mol. The first kappa shape index (κ1) is 14.8. The van der Waals surface area contributed by atoms with Crippen molar-refractivity contribution in [3.63, 3.8) is 0 Å². The Kier molecular flexibility index (Phi) is 4.53. The zero-order valence-electron chi connectivity index (χ0n) is 12.3. The number of urea groups is 2. The Morgan fingerprint density at radius 3 is 2.91 bits per heavy atom. The Bertz CT molecular complexity index is 531. The standard InChI is InChI=1S/C15H20N4O3/c20-14-17-6-7-19(14)15(21)18-13(11-3-8-22-9-4-11)12-2-1-5-16-10-12/h1-2,5,10-11,13H,3-4,6-9H2,(H,17,20)(H,18,21). The molecule has 1 atom stereocenters. The van der Waals surface area contributed by atoms with Gasteiger partial charge in [0.25, 0.3) is 0 Å². The van der Waals surface area contributed by atoms with Gasteiger partial charge in [0.1, 0.15) is 0 Å². The lowest BCUT2D eigenvalue weighted by Crippen LogP contribution is -2.45. The SMILES string of the molecule is O=C1NCCN1C(=O)NC(c1cccnc1)C1CCOCC1. The molecule has 2 aliphatic rings. The summed E-state index contributed by atoms with van der Waals surface area (Å²) in [7, 11) is 0. The first-order valence-corrected chi connectivity index (χ1v) is 7.59. The molecule has 2 saturated heterocycles. The number of imide groups is 1. The molecule has 4 amide bonds. The van der Waals surface area contributed by atoms with Gasteiger partial charge in [-0.2, -0.15) is 0 Å². The van der Waals surface area contributed by atoms with Crippen molar-refractivity contribution in [2.24, 2.45) is 5.92 Å². The molecule has 2 fully saturated rings. The zero-order valence-corrected chi connectivity index (χ0v) is 12.3. The number of pyridine rings is 1. The van der Waals surface area contributed by atoms with Crippen LogP contribution in [0.3, 0.4) is 0 Å². The van der Waals surface area contributed by atoms with Gasteiger partial charge in [0.15, 0.2) is 0 Å². The first-order chi connectivity index (χ1) is 10.8. The maximum Gasteiger partial charge on any atom is 0.326 e. The fourth-order valence-corrected chi connectivity index (χ4v) is 2.96. The van der Waals surface area contributed by atoms with Crippen LogP contribution in [0.1, 0.15) is 24.4 Å². The van der Waals surface area contributed by atoms with Crippen molar-refractivity contribution < 1.29 is 14.3 Å². The van der Waals surface area contributed by atoms with Crippen molar-refractivity contribution in [1.82, 2.24) is 20.5 Å². The third-order valence-corrected chi connectivity index (χ3v) is 4.16. The summed E-state index contributed by atoms with van der Waals surface area (Å²) < 4.78 is 5.40. The smallest absolute Gasteiger partial charge is 0.326 e. The van der Waals surface area contributed by atoms with E-state index in [4.69, 9.17) is 4.74 Å². The van der Waals surface area contributed by atoms with Gasteiger partial charge in [0.05, 0.1) is 6.04 Å². The summed E-state index contributed by atoms with van der Waals surface area (Å²) in [6.45, 7) is 2.29. The molecule has 7 nitrogen and oxygen atoms in total. The number of nitrogens with one attached hydrogen (secondary N) is 2. The van der Waals surface area contributed by atoms with E-state index in [0.29, 0.717) is 26.3 Å². The van der Waals surface area contributed by atoms with Crippen LogP contribution in [-0.2, 0) is 4.74 Å². The van der Waals surface area contributed by atoms with Crippen molar-refractivity contribution >= 4 is 12.1 Å². The van der Waals surface area contributed by atoms with Crippen molar-refractivity contribution in [1.29, 1.82) is 0 Å². The fourth-order valence-electron chi connectivity index (χ4n) is 2.96. The van der Waals surface area contributed by atoms with Crippen LogP contribution in [0, 0.1) is 5.92 Å². The Balaban J connectivity index is 1.76. The number of ether oxygens (including phenoxy) is 1. The number of aromatic nitrogens is 1. The molecule has 0 bridgehead atoms. The van der Waals surface area contributed by atoms with Gasteiger partial charge in [-0.3, -0.25) is 4.98 Å². The average Bonchev–Trinajstić information content (AvgIpc) is 3.00. The third kappa shape index (κ3) is 3.19. The minimum atomic E-state index is -0.352. The maximum atomic E-state index is 12.4. The summed E-state index contributed by atoms with van der Waals surface area (Å²) in [4.78, 5) is 29.4. The van der Waals surface area contributed by atoms with Crippen LogP contribution in [0.2, 0.25) is 0 Å². The number of hydrogen-bond acceptors (Lipinski definition) is 4. The Morgan fingerprint density at radius 1 is 1.45 bits per heavy atom. The fraction of sp³-hybridized carbons (Fsp3) is 0.533. The molecular formula is C15H20N4O3. The lowest BCUT2D eigenvalue weighted by molar-refractivity contribution is 0.0542. The second-order valence-corrected chi connectivity index (χ2v) is 5.55. The Morgan fingerprint density at radius 2 is 2.27 bits per heavy atom. The Hall–Kier alpha value is -2.15. The van der Waals surface area contributed by atoms with E-state index < -0.39 is 0 Å². The molecule has 0 saturated carbocycles. The van der Waals surface area contributed by atoms with E-state index in [0.717, 1.165) is 18.4 Å². The topological polar surface area (TPSA) is 83.6 Å². The van der Waals surface area contributed by atoms with Crippen molar-refractivity contribution in [2.75, 3.05) is 26.3 Å². The highest BCUT2D eigenvalue weighted by molar-refractivity contribution is 5.95. The average molecular weight is 304 g/mol. The van der Waals surface area contributed by atoms with E-state index in [9.17, 15) is 9.59 Å². The maximum absolute atomic E-state index is 12.4. The second kappa shape index (κ2) is 6.74. The zero-order chi connectivity index (χ0) is 15.4. The van der Waals surface area contributed by atoms with Gasteiger partial charge >= 0.3 is 12.1 Å². The Labute approximate surface area is 129 Å². The molecule has 0 radical (unpaired) electrons. The molecule has 3 heterocycles. The predicted octanol–water partition coefficient (Wildman–Crippen LogP) is 1.28. The molecule has 0 spiro atoms. The van der Waals surface area contributed by atoms with Crippen LogP contribution in [-0.4, -0.2) is 48.2 Å². The van der Waals surface area contributed by atoms with Crippen molar-refractivity contribution in [2.45, 2.75) is 18.9 Å². The monoisotopic (exact) mass is 304 g/mol. The molecular weight excluding hydrogens is 284 g/mol. The van der Waals surface area contributed by atoms with Gasteiger partial charge in [-0.25, -0.2) is 14.5 Å². The highest BCUT2D eigenvalue weighted by Gasteiger charge is 2.32. The molecule has 7 heteroatoms. The molecule has 2 aliphatic heterocycles. The summed E-state index contributed by atoms with van der Waals surface area (Å²) >= 11 is 0. The van der Waals surface area contributed by atoms with E-state index >= 15 is 0 Å². The van der Waals surface area contributed by atoms with Gasteiger partial charge in [-0.05, 0) is 30.4 Å². The number of carbonyl (C=O) groups is 2. The van der Waals surface area contributed by atoms with Gasteiger partial charge in [0, 0.05) is 38.7 Å². The molecule has 2 N–H and O–H groups in total. The molecule has 3 rings (SSSR count). The lowest BCUT2D eigenvalue weighted by atomic mass is 9.88. The van der Waals surface area contributed by atoms with Crippen LogP contribution in [0.25, 0.3) is 0 Å². The normalized spacial score (nSPS) is 20.5. The quantitative estimate of drug-likeness (QED) is 0.881. The summed E-state index contributed by atoms with van der Waals surface area (Å²) in [6, 6.07) is 2.97. The van der Waals surface area contributed by atoms with Crippen molar-refractivity contribution in [3.8, 4) is 0 Å². The first-order valence-electron chi connectivity index (χ1n) is 7.59. The van der Waals surface area contributed by atoms with E-state index in [-0.39, 0.29) is 24.0 Å². The summed E-state index contributed by atoms with van der Waals surface area (Å²) in [5, 5.41) is 5.64. The lowest BCUT2D eigenvalue weighted by Gasteiger charge is -2.32. The van der Waals surface area contributed by atoms with Crippen LogP contribution in [0.4, 0.5) is 9.59 Å². The summed E-state index contributed by atoms with van der Waals surface area (Å²) in [5.41, 5.74) is 0.961. The van der Waals surface area contributed by atoms with Crippen LogP contribution >= 0.6 is 0 Å². The van der Waals surface area contributed by atoms with Gasteiger partial charge in [0.2, 0.25) is 0 Å². The number of carbonyl (C=O) groups excluding carboxylic acids is 2. The van der Waals surface area contributed by atoms with E-state index in [1.807, 2.05) is 12.1 Å². The molecule has 118 valence electrons. The van der Waals surface area contributed by atoms with Crippen molar-refractivity contribution in [3.05, 3.63) is 30.1 Å². The van der Waals surface area contributed by atoms with Gasteiger partial charge in [-0.15, -0.1) is 0 Å². The molecule has 1 aromatic rings. The molecule has 1 unspecified atom stereocenters. The minimum Gasteiger partial charge on any atom is -0.381 e. The number of nitrogens with zero attached hydrogens (tertiary/aromatic N) is 2. The second-order valence-electron chi connectivity index (χ2n) is 5.55. The summed E-state index contributed by atoms with van der Waals surface area (Å²) in [5.74, 6) is 0.285. The highest BCUT2D eigenvalue weighted by Crippen LogP contribution is 2.30. The van der Waals surface area contributed by atoms with E-state index in [1.54, 1.807) is 12.4 Å². The minimum absolute atomic E-state index is 0.154. The van der Waals surface area contributed by atoms with Gasteiger partial charge < -0.3 is 15.4 Å². The molecule has 1 aromatic heterocycles. The number of rotatable bonds is 3. The highest BCUT2D eigenvalue weighted by atomic mass is 16.5. The summed E-state index contributed by atoms with van der Waals surface area (Å²) in [6.07, 6.45) is 5.24. The van der Waals surface area contributed by atoms with E-state index in [1.165, 1.54) is 4.90 Å². The molecule has 0 aliphatic carbocycles. The molecule has 22 heavy (non-hydrogen) atoms. The van der Waals surface area contributed by atoms with Crippen LogP contribution in [0.15, 0.2) is 24.5 Å². The molecule has 0 aromatic carbocycles. The van der Waals surface area contributed by atoms with Crippen LogP contribution < -0.4 is 10.6 Å². The number of hydrogen-bond donors (Lipinski definition) is 2. The number of amides is 4. The van der Waals surface area contributed by atoms with Crippen LogP contribution in [0.5, 0.6) is 0 Å². The third-order valence-electron chi connectivity index (χ3n) is 4.16. The van der Waals surface area contributed by atoms with Gasteiger partial charge in [-0.1, -0.05) is 6.07 Å².